The van der Waals surface area contributed by atoms with Crippen LogP contribution in [-0.4, -0.2) is 40.5 Å². The van der Waals surface area contributed by atoms with Gasteiger partial charge < -0.3 is 10.2 Å². The molecule has 0 aromatic carbocycles. The molecule has 0 fully saturated rings. The van der Waals surface area contributed by atoms with Gasteiger partial charge in [0, 0.05) is 35.9 Å². The van der Waals surface area contributed by atoms with Gasteiger partial charge >= 0.3 is 0 Å². The van der Waals surface area contributed by atoms with Crippen molar-refractivity contribution in [2.45, 2.75) is 39.2 Å². The number of fused-ring (bicyclic) bond motifs is 3. The molecule has 27 heavy (non-hydrogen) atoms. The van der Waals surface area contributed by atoms with E-state index in [1.807, 2.05) is 37.9 Å². The minimum Gasteiger partial charge on any atom is -0.352 e. The molecule has 0 unspecified atom stereocenters. The van der Waals surface area contributed by atoms with Gasteiger partial charge in [-0.1, -0.05) is 0 Å². The van der Waals surface area contributed by atoms with Crippen LogP contribution in [0.5, 0.6) is 0 Å². The van der Waals surface area contributed by atoms with E-state index in [0.717, 1.165) is 34.4 Å². The topological polar surface area (TPSA) is 71.0 Å². The van der Waals surface area contributed by atoms with E-state index in [2.05, 4.69) is 10.3 Å². The Hall–Kier alpha value is -2.54. The van der Waals surface area contributed by atoms with Crippen LogP contribution in [0, 0.1) is 0 Å². The molecule has 6 nitrogen and oxygen atoms in total. The first-order chi connectivity index (χ1) is 13.0. The largest absolute Gasteiger partial charge is 0.352 e. The monoisotopic (exact) mass is 381 g/mol. The molecule has 1 aliphatic carbocycles. The number of hydrogen-bond donors (Lipinski definition) is 1. The number of anilines is 1. The Morgan fingerprint density at radius 2 is 2.19 bits per heavy atom. The molecule has 4 rings (SSSR count). The Kier molecular flexibility index (Phi) is 4.78. The Bertz CT molecular complexity index is 983. The zero-order chi connectivity index (χ0) is 19.0. The minimum absolute atomic E-state index is 0.00550. The number of carbonyl (C=O) groups is 1. The maximum absolute atomic E-state index is 12.3. The Labute approximate surface area is 162 Å². The van der Waals surface area contributed by atoms with Crippen LogP contribution < -0.4 is 10.2 Å². The molecule has 3 aromatic heterocycles. The maximum Gasteiger partial charge on any atom is 0.239 e. The summed E-state index contributed by atoms with van der Waals surface area (Å²) in [4.78, 5) is 30.5. The van der Waals surface area contributed by atoms with Gasteiger partial charge in [-0.25, -0.2) is 9.97 Å². The molecule has 0 bridgehead atoms. The molecule has 140 valence electrons. The van der Waals surface area contributed by atoms with Gasteiger partial charge in [-0.15, -0.1) is 11.3 Å². The standard InChI is InChI=1S/C20H23N5OS/c1-12(2)22-16(26)11-25(3)19-17-14-7-4-8-15(14)27-20(17)24-18(23-19)13-6-5-9-21-10-13/h5-6,9-10,12H,4,7-8,11H2,1-3H3,(H,22,26). The van der Waals surface area contributed by atoms with Gasteiger partial charge in [0.2, 0.25) is 5.91 Å². The van der Waals surface area contributed by atoms with E-state index in [-0.39, 0.29) is 18.5 Å². The number of thiophene rings is 1. The van der Waals surface area contributed by atoms with Crippen LogP contribution in [0.25, 0.3) is 21.6 Å². The summed E-state index contributed by atoms with van der Waals surface area (Å²) in [6, 6.07) is 3.97. The van der Waals surface area contributed by atoms with Gasteiger partial charge in [-0.05, 0) is 50.8 Å². The van der Waals surface area contributed by atoms with Crippen LogP contribution in [0.15, 0.2) is 24.5 Å². The predicted molar refractivity (Wildman–Crippen MR) is 109 cm³/mol. The van der Waals surface area contributed by atoms with Crippen LogP contribution in [0.1, 0.15) is 30.7 Å². The van der Waals surface area contributed by atoms with E-state index >= 15 is 0 Å². The van der Waals surface area contributed by atoms with Gasteiger partial charge in [0.05, 0.1) is 11.9 Å². The van der Waals surface area contributed by atoms with Gasteiger partial charge in [0.1, 0.15) is 10.6 Å². The van der Waals surface area contributed by atoms with Crippen LogP contribution >= 0.6 is 11.3 Å². The van der Waals surface area contributed by atoms with Gasteiger partial charge in [-0.3, -0.25) is 9.78 Å². The Morgan fingerprint density at radius 3 is 2.93 bits per heavy atom. The number of aromatic nitrogens is 3. The first-order valence-corrected chi connectivity index (χ1v) is 10.1. The maximum atomic E-state index is 12.3. The SMILES string of the molecule is CC(C)NC(=O)CN(C)c1nc(-c2cccnc2)nc2sc3c(c12)CCC3. The lowest BCUT2D eigenvalue weighted by Crippen LogP contribution is -2.39. The lowest BCUT2D eigenvalue weighted by Gasteiger charge is -2.20. The molecule has 0 saturated heterocycles. The molecule has 1 N–H and O–H groups in total. The summed E-state index contributed by atoms with van der Waals surface area (Å²) in [5, 5.41) is 4.06. The van der Waals surface area contributed by atoms with Crippen LogP contribution in [-0.2, 0) is 17.6 Å². The third kappa shape index (κ3) is 3.51. The van der Waals surface area contributed by atoms with E-state index in [4.69, 9.17) is 9.97 Å². The quantitative estimate of drug-likeness (QED) is 0.735. The summed E-state index contributed by atoms with van der Waals surface area (Å²) in [6.45, 7) is 4.20. The predicted octanol–water partition coefficient (Wildman–Crippen LogP) is 3.20. The molecule has 0 saturated carbocycles. The molecule has 3 heterocycles. The van der Waals surface area contributed by atoms with E-state index in [0.29, 0.717) is 5.82 Å². The highest BCUT2D eigenvalue weighted by atomic mass is 32.1. The number of nitrogens with one attached hydrogen (secondary N) is 1. The van der Waals surface area contributed by atoms with Crippen molar-refractivity contribution in [2.24, 2.45) is 0 Å². The second kappa shape index (κ2) is 7.23. The van der Waals surface area contributed by atoms with Crippen molar-refractivity contribution in [3.63, 3.8) is 0 Å². The summed E-state index contributed by atoms with van der Waals surface area (Å²) >= 11 is 1.76. The molecule has 7 heteroatoms. The summed E-state index contributed by atoms with van der Waals surface area (Å²) in [7, 11) is 1.92. The van der Waals surface area contributed by atoms with Crippen LogP contribution in [0.3, 0.4) is 0 Å². The molecular weight excluding hydrogens is 358 g/mol. The number of likely N-dealkylation sites (N-methyl/N-ethyl adjacent to an activating group) is 1. The smallest absolute Gasteiger partial charge is 0.239 e. The van der Waals surface area contributed by atoms with Gasteiger partial charge in [0.25, 0.3) is 0 Å². The zero-order valence-electron chi connectivity index (χ0n) is 15.8. The highest BCUT2D eigenvalue weighted by Crippen LogP contribution is 2.41. The average Bonchev–Trinajstić information content (AvgIpc) is 3.21. The normalized spacial score (nSPS) is 13.2. The molecule has 1 amide bonds. The Balaban J connectivity index is 1.80. The van der Waals surface area contributed by atoms with E-state index < -0.39 is 0 Å². The summed E-state index contributed by atoms with van der Waals surface area (Å²) < 4.78 is 0. The highest BCUT2D eigenvalue weighted by molar-refractivity contribution is 7.19. The van der Waals surface area contributed by atoms with Gasteiger partial charge in [-0.2, -0.15) is 0 Å². The van der Waals surface area contributed by atoms with E-state index in [1.165, 1.54) is 16.9 Å². The minimum atomic E-state index is -0.00550. The average molecular weight is 382 g/mol. The van der Waals surface area contributed by atoms with Gasteiger partial charge in [0.15, 0.2) is 5.82 Å². The van der Waals surface area contributed by atoms with Crippen molar-refractivity contribution in [3.8, 4) is 11.4 Å². The van der Waals surface area contributed by atoms with Crippen molar-refractivity contribution < 1.29 is 4.79 Å². The molecular formula is C20H23N5OS. The van der Waals surface area contributed by atoms with E-state index in [9.17, 15) is 4.79 Å². The van der Waals surface area contributed by atoms with Crippen molar-refractivity contribution in [1.82, 2.24) is 20.3 Å². The lowest BCUT2D eigenvalue weighted by atomic mass is 10.1. The lowest BCUT2D eigenvalue weighted by molar-refractivity contribution is -0.120. The highest BCUT2D eigenvalue weighted by Gasteiger charge is 2.25. The van der Waals surface area contributed by atoms with Crippen molar-refractivity contribution in [2.75, 3.05) is 18.5 Å². The number of hydrogen-bond acceptors (Lipinski definition) is 6. The third-order valence-electron chi connectivity index (χ3n) is 4.66. The molecule has 1 aliphatic rings. The number of pyridine rings is 1. The number of aryl methyl sites for hydroxylation is 2. The number of rotatable bonds is 5. The Morgan fingerprint density at radius 1 is 1.33 bits per heavy atom. The first-order valence-electron chi connectivity index (χ1n) is 9.26. The van der Waals surface area contributed by atoms with Crippen molar-refractivity contribution in [3.05, 3.63) is 35.0 Å². The number of nitrogens with zero attached hydrogens (tertiary/aromatic N) is 4. The summed E-state index contributed by atoms with van der Waals surface area (Å²) in [5.74, 6) is 1.48. The third-order valence-corrected chi connectivity index (χ3v) is 5.84. The molecule has 0 spiro atoms. The number of amides is 1. The molecule has 3 aromatic rings. The fourth-order valence-electron chi connectivity index (χ4n) is 3.53. The number of carbonyl (C=O) groups excluding carboxylic acids is 1. The zero-order valence-corrected chi connectivity index (χ0v) is 16.6. The van der Waals surface area contributed by atoms with Crippen LogP contribution in [0.2, 0.25) is 0 Å². The molecule has 0 aliphatic heterocycles. The fourth-order valence-corrected chi connectivity index (χ4v) is 4.79. The van der Waals surface area contributed by atoms with E-state index in [1.54, 1.807) is 23.7 Å². The second-order valence-corrected chi connectivity index (χ2v) is 8.31. The molecule has 0 atom stereocenters. The fraction of sp³-hybridized carbons (Fsp3) is 0.400. The summed E-state index contributed by atoms with van der Waals surface area (Å²) in [6.07, 6.45) is 6.86. The first kappa shape index (κ1) is 17.9. The van der Waals surface area contributed by atoms with Crippen LogP contribution in [0.4, 0.5) is 5.82 Å². The van der Waals surface area contributed by atoms with Crippen molar-refractivity contribution in [1.29, 1.82) is 0 Å². The second-order valence-electron chi connectivity index (χ2n) is 7.23. The van der Waals surface area contributed by atoms with Crippen molar-refractivity contribution >= 4 is 33.3 Å². The summed E-state index contributed by atoms with van der Waals surface area (Å²) in [5.41, 5.74) is 2.24. The molecule has 0 radical (unpaired) electrons.